The van der Waals surface area contributed by atoms with Gasteiger partial charge in [-0.25, -0.2) is 0 Å². The summed E-state index contributed by atoms with van der Waals surface area (Å²) in [5, 5.41) is 2.14. The first-order valence-electron chi connectivity index (χ1n) is 4.40. The van der Waals surface area contributed by atoms with Gasteiger partial charge in [-0.05, 0) is 11.4 Å². The van der Waals surface area contributed by atoms with Gasteiger partial charge in [-0.2, -0.15) is 0 Å². The molecule has 0 radical (unpaired) electrons. The van der Waals surface area contributed by atoms with Gasteiger partial charge < -0.3 is 9.47 Å². The van der Waals surface area contributed by atoms with E-state index in [0.717, 1.165) is 11.0 Å². The monoisotopic (exact) mass is 195 g/mol. The molecule has 2 rings (SSSR count). The van der Waals surface area contributed by atoms with E-state index in [-0.39, 0.29) is 0 Å². The number of H-pyrrole nitrogens is 1. The summed E-state index contributed by atoms with van der Waals surface area (Å²) in [7, 11) is 6.64. The first-order valence-corrected chi connectivity index (χ1v) is 5.28. The Morgan fingerprint density at radius 2 is 2.15 bits per heavy atom. The smallest absolute Gasteiger partial charge is 0.107 e. The molecule has 0 amide bonds. The Bertz CT molecular complexity index is 406. The van der Waals surface area contributed by atoms with Crippen LogP contribution in [0.4, 0.5) is 0 Å². The second kappa shape index (κ2) is 2.86. The summed E-state index contributed by atoms with van der Waals surface area (Å²) < 4.78 is 2.39. The molecule has 2 heterocycles. The van der Waals surface area contributed by atoms with E-state index in [0.29, 0.717) is 0 Å². The minimum absolute atomic E-state index is 0.977. The number of hydrogen-bond donors (Lipinski definition) is 1. The van der Waals surface area contributed by atoms with Gasteiger partial charge in [0.25, 0.3) is 0 Å². The van der Waals surface area contributed by atoms with Crippen LogP contribution in [0.1, 0.15) is 5.56 Å². The molecule has 2 aromatic rings. The van der Waals surface area contributed by atoms with Crippen molar-refractivity contribution in [2.24, 2.45) is 0 Å². The van der Waals surface area contributed by atoms with Crippen LogP contribution < -0.4 is 0 Å². The first-order chi connectivity index (χ1) is 6.06. The van der Waals surface area contributed by atoms with E-state index in [2.05, 4.69) is 43.8 Å². The molecule has 0 aliphatic carbocycles. The second-order valence-corrected chi connectivity index (χ2v) is 5.34. The van der Waals surface area contributed by atoms with E-state index in [1.165, 1.54) is 15.8 Å². The van der Waals surface area contributed by atoms with Crippen LogP contribution in [0.3, 0.4) is 0 Å². The highest BCUT2D eigenvalue weighted by Gasteiger charge is 2.13. The normalized spacial score (nSPS) is 12.5. The van der Waals surface area contributed by atoms with Crippen LogP contribution in [0.2, 0.25) is 0 Å². The van der Waals surface area contributed by atoms with Crippen molar-refractivity contribution in [1.29, 1.82) is 0 Å². The molecule has 0 spiro atoms. The fourth-order valence-corrected chi connectivity index (χ4v) is 2.40. The number of aromatic nitrogens is 1. The highest BCUT2D eigenvalue weighted by atomic mass is 32.1. The topological polar surface area (TPSA) is 15.8 Å². The van der Waals surface area contributed by atoms with Gasteiger partial charge in [-0.1, -0.05) is 0 Å². The van der Waals surface area contributed by atoms with Crippen molar-refractivity contribution in [3.8, 4) is 0 Å². The molecule has 0 saturated heterocycles. The third kappa shape index (κ3) is 1.76. The van der Waals surface area contributed by atoms with Crippen molar-refractivity contribution < 1.29 is 4.48 Å². The van der Waals surface area contributed by atoms with E-state index < -0.39 is 0 Å². The van der Waals surface area contributed by atoms with Crippen LogP contribution in [0.15, 0.2) is 17.6 Å². The number of nitrogens with one attached hydrogen (secondary N) is 1. The molecule has 3 heteroatoms. The van der Waals surface area contributed by atoms with Gasteiger partial charge in [0.2, 0.25) is 0 Å². The van der Waals surface area contributed by atoms with E-state index in [4.69, 9.17) is 0 Å². The molecular formula is C10H15N2S+. The molecule has 0 aliphatic heterocycles. The van der Waals surface area contributed by atoms with E-state index in [1.54, 1.807) is 0 Å². The minimum Gasteiger partial charge on any atom is -0.360 e. The first kappa shape index (κ1) is 8.78. The molecule has 0 atom stereocenters. The summed E-state index contributed by atoms with van der Waals surface area (Å²) >= 11 is 1.82. The average Bonchev–Trinajstić information content (AvgIpc) is 2.50. The number of aromatic amines is 1. The molecule has 0 saturated carbocycles. The van der Waals surface area contributed by atoms with Crippen LogP contribution in [0.25, 0.3) is 10.2 Å². The van der Waals surface area contributed by atoms with Crippen molar-refractivity contribution in [2.45, 2.75) is 6.54 Å². The van der Waals surface area contributed by atoms with Crippen LogP contribution in [0.5, 0.6) is 0 Å². The summed E-state index contributed by atoms with van der Waals surface area (Å²) in [6, 6.07) is 2.14. The van der Waals surface area contributed by atoms with Crippen LogP contribution in [0, 0.1) is 0 Å². The van der Waals surface area contributed by atoms with Gasteiger partial charge in [0.15, 0.2) is 0 Å². The molecule has 0 unspecified atom stereocenters. The molecule has 0 bridgehead atoms. The van der Waals surface area contributed by atoms with Crippen molar-refractivity contribution in [3.63, 3.8) is 0 Å². The zero-order chi connectivity index (χ0) is 9.47. The van der Waals surface area contributed by atoms with Gasteiger partial charge in [0, 0.05) is 11.8 Å². The Kier molecular flexibility index (Phi) is 1.93. The molecular weight excluding hydrogens is 180 g/mol. The maximum atomic E-state index is 3.29. The fourth-order valence-electron chi connectivity index (χ4n) is 1.53. The van der Waals surface area contributed by atoms with E-state index >= 15 is 0 Å². The van der Waals surface area contributed by atoms with Crippen molar-refractivity contribution >= 4 is 21.6 Å². The van der Waals surface area contributed by atoms with Crippen LogP contribution in [-0.2, 0) is 6.54 Å². The molecule has 0 aromatic carbocycles. The average molecular weight is 195 g/mol. The zero-order valence-electron chi connectivity index (χ0n) is 8.29. The predicted molar refractivity (Wildman–Crippen MR) is 57.9 cm³/mol. The van der Waals surface area contributed by atoms with Crippen LogP contribution >= 0.6 is 11.3 Å². The highest BCUT2D eigenvalue weighted by molar-refractivity contribution is 7.17. The van der Waals surface area contributed by atoms with Gasteiger partial charge >= 0.3 is 0 Å². The van der Waals surface area contributed by atoms with E-state index in [9.17, 15) is 0 Å². The highest BCUT2D eigenvalue weighted by Crippen LogP contribution is 2.25. The molecule has 2 nitrogen and oxygen atoms in total. The van der Waals surface area contributed by atoms with E-state index in [1.807, 2.05) is 11.3 Å². The van der Waals surface area contributed by atoms with Crippen molar-refractivity contribution in [1.82, 2.24) is 4.98 Å². The Morgan fingerprint density at radius 3 is 2.85 bits per heavy atom. The second-order valence-electron chi connectivity index (χ2n) is 4.43. The van der Waals surface area contributed by atoms with Gasteiger partial charge in [-0.15, -0.1) is 11.3 Å². The Balaban J connectivity index is 2.38. The minimum atomic E-state index is 0.977. The quantitative estimate of drug-likeness (QED) is 0.708. The number of hydrogen-bond acceptors (Lipinski definition) is 1. The maximum Gasteiger partial charge on any atom is 0.107 e. The Morgan fingerprint density at radius 1 is 1.38 bits per heavy atom. The molecule has 0 aliphatic rings. The largest absolute Gasteiger partial charge is 0.360 e. The summed E-state index contributed by atoms with van der Waals surface area (Å²) in [4.78, 5) is 3.29. The molecule has 0 fully saturated rings. The molecule has 1 N–H and O–H groups in total. The Hall–Kier alpha value is -0.800. The lowest BCUT2D eigenvalue weighted by Crippen LogP contribution is -2.33. The summed E-state index contributed by atoms with van der Waals surface area (Å²) in [6.07, 6.45) is 2.13. The third-order valence-electron chi connectivity index (χ3n) is 2.00. The lowest BCUT2D eigenvalue weighted by Gasteiger charge is -2.23. The van der Waals surface area contributed by atoms with Gasteiger partial charge in [0.05, 0.1) is 31.4 Å². The summed E-state index contributed by atoms with van der Waals surface area (Å²) in [5.41, 5.74) is 2.70. The zero-order valence-corrected chi connectivity index (χ0v) is 9.11. The molecule has 70 valence electrons. The van der Waals surface area contributed by atoms with Crippen molar-refractivity contribution in [2.75, 3.05) is 21.1 Å². The fraction of sp³-hybridized carbons (Fsp3) is 0.400. The number of rotatable bonds is 2. The number of nitrogens with zero attached hydrogens (tertiary/aromatic N) is 1. The molecule has 13 heavy (non-hydrogen) atoms. The van der Waals surface area contributed by atoms with Gasteiger partial charge in [-0.3, -0.25) is 0 Å². The lowest BCUT2D eigenvalue weighted by molar-refractivity contribution is -0.883. The lowest BCUT2D eigenvalue weighted by atomic mass is 10.3. The number of quaternary nitrogens is 1. The van der Waals surface area contributed by atoms with Crippen LogP contribution in [-0.4, -0.2) is 30.6 Å². The number of thiophene rings is 1. The molecule has 2 aromatic heterocycles. The third-order valence-corrected chi connectivity index (χ3v) is 2.99. The number of fused-ring (bicyclic) bond motifs is 1. The summed E-state index contributed by atoms with van der Waals surface area (Å²) in [6.45, 7) is 1.08. The predicted octanol–water partition coefficient (Wildman–Crippen LogP) is 2.44. The Labute approximate surface area is 82.4 Å². The van der Waals surface area contributed by atoms with Gasteiger partial charge in [0.1, 0.15) is 6.54 Å². The summed E-state index contributed by atoms with van der Waals surface area (Å²) in [5.74, 6) is 0. The maximum absolute atomic E-state index is 3.29. The van der Waals surface area contributed by atoms with Crippen molar-refractivity contribution in [3.05, 3.63) is 23.2 Å². The standard InChI is InChI=1S/C10H15N2S/c1-12(2,3)7-8-6-11-9-4-5-13-10(8)9/h4-6,11H,7H2,1-3H3/q+1. The SMILES string of the molecule is C[N+](C)(C)Cc1c[nH]c2ccsc12.